The number of carbonyl (C=O) groups excluding carboxylic acids is 1. The van der Waals surface area contributed by atoms with E-state index >= 15 is 0 Å². The Morgan fingerprint density at radius 3 is 2.33 bits per heavy atom. The minimum Gasteiger partial charge on any atom is -0.491 e. The van der Waals surface area contributed by atoms with Crippen LogP contribution in [0.5, 0.6) is 17.2 Å². The summed E-state index contributed by atoms with van der Waals surface area (Å²) in [6.07, 6.45) is -2.73. The topological polar surface area (TPSA) is 80.0 Å². The molecule has 2 aromatic carbocycles. The first-order chi connectivity index (χ1) is 14.3. The Labute approximate surface area is 171 Å². The first-order valence-corrected chi connectivity index (χ1v) is 9.44. The number of alkyl halides is 3. The van der Waals surface area contributed by atoms with Gasteiger partial charge in [0.25, 0.3) is 0 Å². The summed E-state index contributed by atoms with van der Waals surface area (Å²) in [5.41, 5.74) is 4.07. The second kappa shape index (κ2) is 9.82. The molecule has 1 saturated heterocycles. The number of ether oxygens (including phenoxy) is 4. The largest absolute Gasteiger partial charge is 0.491 e. The lowest BCUT2D eigenvalue weighted by Crippen LogP contribution is -2.25. The van der Waals surface area contributed by atoms with Crippen LogP contribution in [0.25, 0.3) is 0 Å². The summed E-state index contributed by atoms with van der Waals surface area (Å²) in [7, 11) is 0. The van der Waals surface area contributed by atoms with Gasteiger partial charge in [-0.05, 0) is 55.3 Å². The second-order valence-corrected chi connectivity index (χ2v) is 6.68. The van der Waals surface area contributed by atoms with Gasteiger partial charge in [-0.1, -0.05) is 0 Å². The summed E-state index contributed by atoms with van der Waals surface area (Å²) < 4.78 is 61.6. The van der Waals surface area contributed by atoms with E-state index in [0.717, 1.165) is 31.0 Å². The summed E-state index contributed by atoms with van der Waals surface area (Å²) in [6.45, 7) is 2.17. The average molecular weight is 425 g/mol. The van der Waals surface area contributed by atoms with E-state index in [4.69, 9.17) is 24.7 Å². The number of hydrogen-bond donors (Lipinski definition) is 1. The van der Waals surface area contributed by atoms with Crippen molar-refractivity contribution in [3.63, 3.8) is 0 Å². The number of halogens is 3. The molecule has 1 fully saturated rings. The van der Waals surface area contributed by atoms with Crippen LogP contribution in [0, 0.1) is 0 Å². The third-order valence-electron chi connectivity index (χ3n) is 4.50. The first-order valence-electron chi connectivity index (χ1n) is 9.44. The smallest absolute Gasteiger partial charge is 0.419 e. The Morgan fingerprint density at radius 1 is 1.03 bits per heavy atom. The molecule has 0 bridgehead atoms. The summed E-state index contributed by atoms with van der Waals surface area (Å²) in [6, 6.07) is 8.87. The van der Waals surface area contributed by atoms with Gasteiger partial charge in [0.05, 0.1) is 18.3 Å². The molecule has 0 unspecified atom stereocenters. The van der Waals surface area contributed by atoms with Crippen molar-refractivity contribution in [3.8, 4) is 17.2 Å². The molecule has 0 radical (unpaired) electrons. The Kier molecular flexibility index (Phi) is 7.17. The number of benzene rings is 2. The van der Waals surface area contributed by atoms with E-state index in [1.807, 2.05) is 0 Å². The van der Waals surface area contributed by atoms with Crippen molar-refractivity contribution >= 4 is 5.91 Å². The fourth-order valence-electron chi connectivity index (χ4n) is 2.94. The molecule has 0 atom stereocenters. The Bertz CT molecular complexity index is 849. The van der Waals surface area contributed by atoms with E-state index in [2.05, 4.69) is 0 Å². The monoisotopic (exact) mass is 425 g/mol. The summed E-state index contributed by atoms with van der Waals surface area (Å²) in [5.74, 6) is -0.662. The Balaban J connectivity index is 1.58. The molecular formula is C21H22F3NO5. The maximum atomic E-state index is 13.2. The quantitative estimate of drug-likeness (QED) is 0.642. The molecule has 162 valence electrons. The zero-order valence-electron chi connectivity index (χ0n) is 16.1. The maximum Gasteiger partial charge on any atom is 0.419 e. The van der Waals surface area contributed by atoms with Gasteiger partial charge in [-0.3, -0.25) is 4.79 Å². The molecule has 6 nitrogen and oxygen atoms in total. The summed E-state index contributed by atoms with van der Waals surface area (Å²) in [5, 5.41) is 0. The molecule has 2 N–H and O–H groups in total. The van der Waals surface area contributed by atoms with Gasteiger partial charge in [0.2, 0.25) is 5.91 Å². The lowest BCUT2D eigenvalue weighted by Gasteiger charge is -2.22. The number of primary amides is 1. The predicted molar refractivity (Wildman–Crippen MR) is 102 cm³/mol. The van der Waals surface area contributed by atoms with Crippen LogP contribution in [-0.2, 0) is 15.7 Å². The molecule has 1 amide bonds. The van der Waals surface area contributed by atoms with Crippen LogP contribution in [0.2, 0.25) is 0 Å². The minimum absolute atomic E-state index is 0.0810. The molecule has 1 aliphatic rings. The number of amides is 1. The highest BCUT2D eigenvalue weighted by atomic mass is 19.4. The lowest BCUT2D eigenvalue weighted by molar-refractivity contribution is -0.138. The lowest BCUT2D eigenvalue weighted by atomic mass is 10.1. The molecule has 0 aliphatic carbocycles. The highest BCUT2D eigenvalue weighted by Gasteiger charge is 2.35. The number of carbonyl (C=O) groups is 1. The van der Waals surface area contributed by atoms with Gasteiger partial charge in [-0.2, -0.15) is 13.2 Å². The molecule has 0 saturated carbocycles. The van der Waals surface area contributed by atoms with Crippen molar-refractivity contribution in [2.24, 2.45) is 5.73 Å². The molecule has 9 heteroatoms. The zero-order valence-corrected chi connectivity index (χ0v) is 16.1. The second-order valence-electron chi connectivity index (χ2n) is 6.68. The van der Waals surface area contributed by atoms with Crippen molar-refractivity contribution in [1.82, 2.24) is 0 Å². The number of hydrogen-bond acceptors (Lipinski definition) is 5. The van der Waals surface area contributed by atoms with Gasteiger partial charge in [-0.25, -0.2) is 0 Å². The van der Waals surface area contributed by atoms with Crippen LogP contribution in [0.3, 0.4) is 0 Å². The third-order valence-corrected chi connectivity index (χ3v) is 4.50. The minimum atomic E-state index is -4.64. The van der Waals surface area contributed by atoms with Crippen molar-refractivity contribution in [3.05, 3.63) is 53.6 Å². The average Bonchev–Trinajstić information content (AvgIpc) is 2.72. The molecule has 0 aromatic heterocycles. The molecule has 1 aliphatic heterocycles. The number of nitrogens with two attached hydrogens (primary N) is 1. The standard InChI is InChI=1S/C21H22F3NO5/c22-21(23,24)18-6-1-14(20(25)26)13-19(18)30-17-4-2-15(3-5-17)28-11-12-29-16-7-9-27-10-8-16/h1-6,13,16H,7-12H2,(H2,25,26). The van der Waals surface area contributed by atoms with E-state index in [9.17, 15) is 18.0 Å². The molecule has 1 heterocycles. The van der Waals surface area contributed by atoms with Crippen LogP contribution in [-0.4, -0.2) is 38.4 Å². The summed E-state index contributed by atoms with van der Waals surface area (Å²) >= 11 is 0. The maximum absolute atomic E-state index is 13.2. The predicted octanol–water partition coefficient (Wildman–Crippen LogP) is 4.17. The van der Waals surface area contributed by atoms with Crippen molar-refractivity contribution in [2.75, 3.05) is 26.4 Å². The highest BCUT2D eigenvalue weighted by molar-refractivity contribution is 5.93. The van der Waals surface area contributed by atoms with Crippen molar-refractivity contribution < 1.29 is 36.9 Å². The molecule has 0 spiro atoms. The molecular weight excluding hydrogens is 403 g/mol. The fourth-order valence-corrected chi connectivity index (χ4v) is 2.94. The Hall–Kier alpha value is -2.78. The van der Waals surface area contributed by atoms with Crippen molar-refractivity contribution in [1.29, 1.82) is 0 Å². The number of rotatable bonds is 8. The van der Waals surface area contributed by atoms with Crippen LogP contribution < -0.4 is 15.2 Å². The van der Waals surface area contributed by atoms with Gasteiger partial charge in [0.1, 0.15) is 23.9 Å². The van der Waals surface area contributed by atoms with E-state index in [-0.39, 0.29) is 17.4 Å². The van der Waals surface area contributed by atoms with Crippen molar-refractivity contribution in [2.45, 2.75) is 25.1 Å². The van der Waals surface area contributed by atoms with Gasteiger partial charge >= 0.3 is 6.18 Å². The normalized spacial score (nSPS) is 15.0. The highest BCUT2D eigenvalue weighted by Crippen LogP contribution is 2.38. The van der Waals surface area contributed by atoms with E-state index < -0.39 is 23.4 Å². The van der Waals surface area contributed by atoms with Crippen LogP contribution in [0.15, 0.2) is 42.5 Å². The van der Waals surface area contributed by atoms with Gasteiger partial charge < -0.3 is 24.7 Å². The molecule has 30 heavy (non-hydrogen) atoms. The van der Waals surface area contributed by atoms with E-state index in [0.29, 0.717) is 32.2 Å². The van der Waals surface area contributed by atoms with Gasteiger partial charge in [0, 0.05) is 18.8 Å². The van der Waals surface area contributed by atoms with Gasteiger partial charge in [0.15, 0.2) is 0 Å². The summed E-state index contributed by atoms with van der Waals surface area (Å²) in [4.78, 5) is 11.3. The molecule has 3 rings (SSSR count). The third kappa shape index (κ3) is 6.11. The van der Waals surface area contributed by atoms with Gasteiger partial charge in [-0.15, -0.1) is 0 Å². The zero-order chi connectivity index (χ0) is 21.6. The fraction of sp³-hybridized carbons (Fsp3) is 0.381. The van der Waals surface area contributed by atoms with E-state index in [1.54, 1.807) is 12.1 Å². The SMILES string of the molecule is NC(=O)c1ccc(C(F)(F)F)c(Oc2ccc(OCCOC3CCOCC3)cc2)c1. The van der Waals surface area contributed by atoms with Crippen LogP contribution in [0.1, 0.15) is 28.8 Å². The van der Waals surface area contributed by atoms with E-state index in [1.165, 1.54) is 12.1 Å². The van der Waals surface area contributed by atoms with Crippen LogP contribution >= 0.6 is 0 Å². The first kappa shape index (κ1) is 21.9. The Morgan fingerprint density at radius 2 is 1.70 bits per heavy atom. The van der Waals surface area contributed by atoms with Crippen LogP contribution in [0.4, 0.5) is 13.2 Å². The molecule has 2 aromatic rings.